The molecule has 1 fully saturated rings. The Morgan fingerprint density at radius 2 is 2.00 bits per heavy atom. The van der Waals surface area contributed by atoms with Gasteiger partial charge in [0, 0.05) is 30.4 Å². The molecule has 2 rings (SSSR count). The van der Waals surface area contributed by atoms with E-state index in [0.717, 1.165) is 5.56 Å². The van der Waals surface area contributed by atoms with Crippen LogP contribution in [0.25, 0.3) is 0 Å². The van der Waals surface area contributed by atoms with Gasteiger partial charge in [0.1, 0.15) is 0 Å². The van der Waals surface area contributed by atoms with Crippen molar-refractivity contribution < 1.29 is 9.59 Å². The molecule has 1 aliphatic heterocycles. The van der Waals surface area contributed by atoms with Crippen molar-refractivity contribution >= 4 is 11.9 Å². The van der Waals surface area contributed by atoms with E-state index in [1.54, 1.807) is 17.3 Å². The number of pyridine rings is 1. The average Bonchev–Trinajstić information content (AvgIpc) is 2.43. The van der Waals surface area contributed by atoms with Crippen LogP contribution in [0.1, 0.15) is 39.3 Å². The molecule has 0 radical (unpaired) electrons. The first-order valence-corrected chi connectivity index (χ1v) is 7.55. The largest absolute Gasteiger partial charge is 0.352 e. The van der Waals surface area contributed by atoms with Crippen molar-refractivity contribution in [2.75, 3.05) is 13.1 Å². The van der Waals surface area contributed by atoms with Gasteiger partial charge in [-0.2, -0.15) is 0 Å². The summed E-state index contributed by atoms with van der Waals surface area (Å²) < 4.78 is 0. The summed E-state index contributed by atoms with van der Waals surface area (Å²) in [6.45, 7) is 8.70. The number of carbonyl (C=O) groups excluding carboxylic acids is 2. The number of hydrogen-bond acceptors (Lipinski definition) is 3. The Bertz CT molecular complexity index is 542. The molecule has 1 atom stereocenters. The second kappa shape index (κ2) is 6.34. The zero-order valence-corrected chi connectivity index (χ0v) is 13.6. The molecular weight excluding hydrogens is 280 g/mol. The Kier molecular flexibility index (Phi) is 4.68. The molecule has 0 aromatic carbocycles. The van der Waals surface area contributed by atoms with Crippen molar-refractivity contribution in [3.05, 3.63) is 30.1 Å². The third-order valence-corrected chi connectivity index (χ3v) is 3.76. The van der Waals surface area contributed by atoms with Crippen LogP contribution < -0.4 is 10.6 Å². The van der Waals surface area contributed by atoms with Crippen molar-refractivity contribution in [3.8, 4) is 0 Å². The highest BCUT2D eigenvalue weighted by Gasteiger charge is 2.48. The number of hydrogen-bond donors (Lipinski definition) is 2. The Labute approximate surface area is 131 Å². The van der Waals surface area contributed by atoms with Gasteiger partial charge in [-0.05, 0) is 31.5 Å². The van der Waals surface area contributed by atoms with Crippen molar-refractivity contribution in [2.24, 2.45) is 5.41 Å². The summed E-state index contributed by atoms with van der Waals surface area (Å²) in [5, 5.41) is 5.44. The molecule has 120 valence electrons. The van der Waals surface area contributed by atoms with Gasteiger partial charge in [-0.25, -0.2) is 4.79 Å². The van der Waals surface area contributed by atoms with Crippen LogP contribution in [0.15, 0.2) is 24.5 Å². The molecule has 0 spiro atoms. The summed E-state index contributed by atoms with van der Waals surface area (Å²) in [5.74, 6) is -0.177. The summed E-state index contributed by atoms with van der Waals surface area (Å²) in [7, 11) is 0. The third-order valence-electron chi connectivity index (χ3n) is 3.76. The van der Waals surface area contributed by atoms with E-state index in [4.69, 9.17) is 0 Å². The SMILES string of the molecule is CC(C)NC(=O)CNC(=O)N1CC(C)(C)[C@H]1c1ccncc1. The number of carbonyl (C=O) groups is 2. The standard InChI is InChI=1S/C16H24N4O2/c1-11(2)19-13(21)9-18-15(22)20-10-16(3,4)14(20)12-5-7-17-8-6-12/h5-8,11,14H,9-10H2,1-4H3,(H,18,22)(H,19,21)/t14-/m1/s1. The summed E-state index contributed by atoms with van der Waals surface area (Å²) in [4.78, 5) is 29.7. The van der Waals surface area contributed by atoms with Gasteiger partial charge in [0.15, 0.2) is 0 Å². The highest BCUT2D eigenvalue weighted by Crippen LogP contribution is 2.47. The van der Waals surface area contributed by atoms with Crippen LogP contribution in [0.2, 0.25) is 0 Å². The molecule has 6 heteroatoms. The molecule has 2 N–H and O–H groups in total. The Morgan fingerprint density at radius 3 is 2.55 bits per heavy atom. The minimum absolute atomic E-state index is 0.00297. The van der Waals surface area contributed by atoms with E-state index >= 15 is 0 Å². The van der Waals surface area contributed by atoms with Crippen LogP contribution in [0.3, 0.4) is 0 Å². The molecule has 22 heavy (non-hydrogen) atoms. The average molecular weight is 304 g/mol. The second-order valence-electron chi connectivity index (χ2n) is 6.68. The predicted molar refractivity (Wildman–Crippen MR) is 84.1 cm³/mol. The number of nitrogens with zero attached hydrogens (tertiary/aromatic N) is 2. The number of urea groups is 1. The molecule has 2 heterocycles. The summed E-state index contributed by atoms with van der Waals surface area (Å²) >= 11 is 0. The quantitative estimate of drug-likeness (QED) is 0.889. The third kappa shape index (κ3) is 3.55. The lowest BCUT2D eigenvalue weighted by Gasteiger charge is -2.54. The van der Waals surface area contributed by atoms with Crippen LogP contribution in [0.4, 0.5) is 4.79 Å². The van der Waals surface area contributed by atoms with E-state index in [0.29, 0.717) is 6.54 Å². The lowest BCUT2D eigenvalue weighted by Crippen LogP contribution is -2.61. The Morgan fingerprint density at radius 1 is 1.36 bits per heavy atom. The topological polar surface area (TPSA) is 74.3 Å². The molecule has 0 saturated carbocycles. The van der Waals surface area contributed by atoms with Gasteiger partial charge in [-0.3, -0.25) is 9.78 Å². The monoisotopic (exact) mass is 304 g/mol. The van der Waals surface area contributed by atoms with Crippen molar-refractivity contribution in [3.63, 3.8) is 0 Å². The van der Waals surface area contributed by atoms with Gasteiger partial charge in [0.2, 0.25) is 5.91 Å². The molecule has 1 saturated heterocycles. The van der Waals surface area contributed by atoms with Crippen LogP contribution in [0.5, 0.6) is 0 Å². The highest BCUT2D eigenvalue weighted by atomic mass is 16.2. The van der Waals surface area contributed by atoms with E-state index in [1.165, 1.54) is 0 Å². The molecule has 6 nitrogen and oxygen atoms in total. The van der Waals surface area contributed by atoms with Gasteiger partial charge in [0.25, 0.3) is 0 Å². The molecule has 1 aromatic rings. The normalized spacial score (nSPS) is 19.5. The maximum Gasteiger partial charge on any atom is 0.318 e. The molecule has 0 bridgehead atoms. The minimum atomic E-state index is -0.208. The predicted octanol–water partition coefficient (Wildman–Crippen LogP) is 1.70. The minimum Gasteiger partial charge on any atom is -0.352 e. The molecule has 0 aliphatic carbocycles. The van der Waals surface area contributed by atoms with Crippen LogP contribution in [-0.4, -0.2) is 41.0 Å². The zero-order chi connectivity index (χ0) is 16.3. The molecule has 3 amide bonds. The van der Waals surface area contributed by atoms with Crippen LogP contribution in [-0.2, 0) is 4.79 Å². The number of amides is 3. The van der Waals surface area contributed by atoms with Crippen molar-refractivity contribution in [1.29, 1.82) is 0 Å². The van der Waals surface area contributed by atoms with E-state index in [-0.39, 0.29) is 36.0 Å². The van der Waals surface area contributed by atoms with Crippen molar-refractivity contribution in [1.82, 2.24) is 20.5 Å². The number of likely N-dealkylation sites (tertiary alicyclic amines) is 1. The molecule has 0 unspecified atom stereocenters. The van der Waals surface area contributed by atoms with Crippen molar-refractivity contribution in [2.45, 2.75) is 39.8 Å². The Hall–Kier alpha value is -2.11. The fourth-order valence-corrected chi connectivity index (χ4v) is 2.92. The Balaban J connectivity index is 1.97. The van der Waals surface area contributed by atoms with Gasteiger partial charge >= 0.3 is 6.03 Å². The van der Waals surface area contributed by atoms with Gasteiger partial charge in [-0.15, -0.1) is 0 Å². The summed E-state index contributed by atoms with van der Waals surface area (Å²) in [6.07, 6.45) is 3.46. The molecule has 1 aliphatic rings. The van der Waals surface area contributed by atoms with E-state index in [9.17, 15) is 9.59 Å². The lowest BCUT2D eigenvalue weighted by molar-refractivity contribution is -0.120. The molecular formula is C16H24N4O2. The van der Waals surface area contributed by atoms with Gasteiger partial charge in [-0.1, -0.05) is 13.8 Å². The van der Waals surface area contributed by atoms with Crippen LogP contribution in [0, 0.1) is 5.41 Å². The van der Waals surface area contributed by atoms with E-state index in [1.807, 2.05) is 26.0 Å². The lowest BCUT2D eigenvalue weighted by atomic mass is 9.72. The number of nitrogens with one attached hydrogen (secondary N) is 2. The van der Waals surface area contributed by atoms with Crippen LogP contribution >= 0.6 is 0 Å². The smallest absolute Gasteiger partial charge is 0.318 e. The number of rotatable bonds is 4. The maximum absolute atomic E-state index is 12.3. The maximum atomic E-state index is 12.3. The first kappa shape index (κ1) is 16.3. The number of aromatic nitrogens is 1. The fourth-order valence-electron chi connectivity index (χ4n) is 2.92. The first-order chi connectivity index (χ1) is 10.3. The van der Waals surface area contributed by atoms with E-state index < -0.39 is 0 Å². The summed E-state index contributed by atoms with van der Waals surface area (Å²) in [6, 6.07) is 3.72. The zero-order valence-electron chi connectivity index (χ0n) is 13.6. The van der Waals surface area contributed by atoms with Gasteiger partial charge < -0.3 is 15.5 Å². The second-order valence-corrected chi connectivity index (χ2v) is 6.68. The molecule has 1 aromatic heterocycles. The summed E-state index contributed by atoms with van der Waals surface area (Å²) in [5.41, 5.74) is 1.08. The fraction of sp³-hybridized carbons (Fsp3) is 0.562. The van der Waals surface area contributed by atoms with Gasteiger partial charge in [0.05, 0.1) is 12.6 Å². The first-order valence-electron chi connectivity index (χ1n) is 7.55. The van der Waals surface area contributed by atoms with E-state index in [2.05, 4.69) is 29.5 Å². The highest BCUT2D eigenvalue weighted by molar-refractivity contribution is 5.84.